The lowest BCUT2D eigenvalue weighted by Gasteiger charge is -2.16. The first-order valence-electron chi connectivity index (χ1n) is 6.22. The molecule has 2 nitrogen and oxygen atoms in total. The summed E-state index contributed by atoms with van der Waals surface area (Å²) in [5.74, 6) is 0.919. The van der Waals surface area contributed by atoms with Crippen LogP contribution in [-0.2, 0) is 9.05 Å². The van der Waals surface area contributed by atoms with E-state index in [0.29, 0.717) is 0 Å². The van der Waals surface area contributed by atoms with E-state index in [0.717, 1.165) is 11.3 Å². The smallest absolute Gasteiger partial charge is 0.241 e. The molecule has 2 unspecified atom stereocenters. The molecule has 0 N–H and O–H groups in total. The zero-order valence-electron chi connectivity index (χ0n) is 10.7. The number of hydrogen-bond donors (Lipinski definition) is 0. The molecule has 2 aromatic rings. The molecule has 0 fully saturated rings. The third-order valence-corrected chi connectivity index (χ3v) is 4.74. The highest BCUT2D eigenvalue weighted by molar-refractivity contribution is 7.48. The van der Waals surface area contributed by atoms with Gasteiger partial charge in [0, 0.05) is 12.7 Å². The molecule has 0 saturated carbocycles. The summed E-state index contributed by atoms with van der Waals surface area (Å²) in [6.45, 7) is 0. The fourth-order valence-electron chi connectivity index (χ4n) is 2.16. The van der Waals surface area contributed by atoms with Crippen LogP contribution in [0, 0.1) is 0 Å². The van der Waals surface area contributed by atoms with Gasteiger partial charge in [-0.2, -0.15) is 0 Å². The van der Waals surface area contributed by atoms with Crippen LogP contribution in [0.3, 0.4) is 0 Å². The van der Waals surface area contributed by atoms with E-state index >= 15 is 0 Å². The minimum atomic E-state index is -0.938. The Bertz CT molecular complexity index is 566. The van der Waals surface area contributed by atoms with Crippen molar-refractivity contribution < 1.29 is 9.05 Å². The topological polar surface area (TPSA) is 18.5 Å². The molecule has 2 aromatic carbocycles. The Hall–Kier alpha value is -1.63. The van der Waals surface area contributed by atoms with Crippen LogP contribution < -0.4 is 0 Å². The van der Waals surface area contributed by atoms with Gasteiger partial charge in [0.25, 0.3) is 0 Å². The Morgan fingerprint density at radius 2 is 1.58 bits per heavy atom. The summed E-state index contributed by atoms with van der Waals surface area (Å²) in [5.41, 5.74) is 2.54. The second kappa shape index (κ2) is 5.56. The molecule has 3 heteroatoms. The van der Waals surface area contributed by atoms with Crippen LogP contribution >= 0.6 is 8.38 Å². The summed E-state index contributed by atoms with van der Waals surface area (Å²) in [4.78, 5) is 0. The SMILES string of the molecule is COP1OC(c2ccccc2)=CC1c1ccccc1. The van der Waals surface area contributed by atoms with Gasteiger partial charge in [0.15, 0.2) is 0 Å². The van der Waals surface area contributed by atoms with Crippen molar-refractivity contribution in [3.05, 3.63) is 77.9 Å². The number of allylic oxidation sites excluding steroid dienone is 1. The molecule has 0 aromatic heterocycles. The van der Waals surface area contributed by atoms with Crippen molar-refractivity contribution in [2.45, 2.75) is 5.66 Å². The zero-order chi connectivity index (χ0) is 13.1. The molecule has 0 saturated heterocycles. The van der Waals surface area contributed by atoms with Crippen LogP contribution in [0.25, 0.3) is 5.76 Å². The molecule has 2 atom stereocenters. The fourth-order valence-corrected chi connectivity index (χ4v) is 3.61. The standard InChI is InChI=1S/C16H15O2P/c1-17-19-16(14-10-6-3-7-11-14)12-15(18-19)13-8-4-2-5-9-13/h2-12,16H,1H3. The maximum atomic E-state index is 5.97. The summed E-state index contributed by atoms with van der Waals surface area (Å²) in [7, 11) is 0.774. The lowest BCUT2D eigenvalue weighted by Crippen LogP contribution is -1.90. The number of rotatable bonds is 3. The normalized spacial score (nSPS) is 21.8. The fraction of sp³-hybridized carbons (Fsp3) is 0.125. The first-order chi connectivity index (χ1) is 9.38. The molecule has 1 heterocycles. The molecule has 0 spiro atoms. The monoisotopic (exact) mass is 270 g/mol. The Morgan fingerprint density at radius 3 is 2.21 bits per heavy atom. The lowest BCUT2D eigenvalue weighted by atomic mass is 10.1. The first-order valence-corrected chi connectivity index (χ1v) is 7.46. The maximum Gasteiger partial charge on any atom is 0.241 e. The molecule has 1 aliphatic rings. The highest BCUT2D eigenvalue weighted by Crippen LogP contribution is 2.61. The van der Waals surface area contributed by atoms with Gasteiger partial charge in [0.2, 0.25) is 8.38 Å². The zero-order valence-corrected chi connectivity index (χ0v) is 11.6. The van der Waals surface area contributed by atoms with E-state index in [1.807, 2.05) is 36.4 Å². The Labute approximate surface area is 114 Å². The van der Waals surface area contributed by atoms with Crippen LogP contribution in [0.2, 0.25) is 0 Å². The predicted molar refractivity (Wildman–Crippen MR) is 78.6 cm³/mol. The molecule has 0 amide bonds. The van der Waals surface area contributed by atoms with Gasteiger partial charge in [-0.25, -0.2) is 0 Å². The molecule has 0 aliphatic carbocycles. The predicted octanol–water partition coefficient (Wildman–Crippen LogP) is 4.76. The van der Waals surface area contributed by atoms with E-state index in [1.54, 1.807) is 7.11 Å². The second-order valence-corrected chi connectivity index (χ2v) is 5.99. The maximum absolute atomic E-state index is 5.97. The number of hydrogen-bond acceptors (Lipinski definition) is 2. The van der Waals surface area contributed by atoms with Crippen LogP contribution in [0.5, 0.6) is 0 Å². The van der Waals surface area contributed by atoms with Crippen molar-refractivity contribution in [1.29, 1.82) is 0 Å². The average Bonchev–Trinajstić information content (AvgIpc) is 2.93. The summed E-state index contributed by atoms with van der Waals surface area (Å²) < 4.78 is 11.5. The van der Waals surface area contributed by atoms with E-state index in [1.165, 1.54) is 5.56 Å². The molecular weight excluding hydrogens is 255 g/mol. The van der Waals surface area contributed by atoms with E-state index < -0.39 is 8.38 Å². The van der Waals surface area contributed by atoms with E-state index in [9.17, 15) is 0 Å². The molecule has 0 bridgehead atoms. The van der Waals surface area contributed by atoms with Crippen molar-refractivity contribution in [1.82, 2.24) is 0 Å². The van der Waals surface area contributed by atoms with Crippen LogP contribution in [0.4, 0.5) is 0 Å². The van der Waals surface area contributed by atoms with Crippen molar-refractivity contribution in [3.8, 4) is 0 Å². The number of benzene rings is 2. The minimum absolute atomic E-state index is 0.205. The quantitative estimate of drug-likeness (QED) is 0.749. The minimum Gasteiger partial charge on any atom is -0.446 e. The third kappa shape index (κ3) is 2.56. The van der Waals surface area contributed by atoms with Gasteiger partial charge in [-0.05, 0) is 11.6 Å². The Morgan fingerprint density at radius 1 is 0.947 bits per heavy atom. The van der Waals surface area contributed by atoms with Gasteiger partial charge in [-0.3, -0.25) is 0 Å². The molecule has 3 rings (SSSR count). The van der Waals surface area contributed by atoms with E-state index in [2.05, 4.69) is 30.3 Å². The summed E-state index contributed by atoms with van der Waals surface area (Å²) in [5, 5.41) is 0. The molecular formula is C16H15O2P. The molecule has 96 valence electrons. The van der Waals surface area contributed by atoms with Crippen LogP contribution in [0.15, 0.2) is 66.7 Å². The van der Waals surface area contributed by atoms with Crippen molar-refractivity contribution in [2.75, 3.05) is 7.11 Å². The average molecular weight is 270 g/mol. The van der Waals surface area contributed by atoms with Gasteiger partial charge in [0.1, 0.15) is 5.76 Å². The molecule has 0 radical (unpaired) electrons. The van der Waals surface area contributed by atoms with Gasteiger partial charge in [-0.15, -0.1) is 0 Å². The lowest BCUT2D eigenvalue weighted by molar-refractivity contribution is 0.385. The van der Waals surface area contributed by atoms with Gasteiger partial charge in [-0.1, -0.05) is 60.7 Å². The summed E-state index contributed by atoms with van der Waals surface area (Å²) >= 11 is 0. The van der Waals surface area contributed by atoms with E-state index in [-0.39, 0.29) is 5.66 Å². The highest BCUT2D eigenvalue weighted by Gasteiger charge is 2.32. The Kier molecular flexibility index (Phi) is 3.63. The van der Waals surface area contributed by atoms with Gasteiger partial charge in [0.05, 0.1) is 5.66 Å². The highest BCUT2D eigenvalue weighted by atomic mass is 31.2. The van der Waals surface area contributed by atoms with E-state index in [4.69, 9.17) is 9.05 Å². The summed E-state index contributed by atoms with van der Waals surface area (Å²) in [6, 6.07) is 20.5. The van der Waals surface area contributed by atoms with Crippen LogP contribution in [-0.4, -0.2) is 7.11 Å². The van der Waals surface area contributed by atoms with Crippen molar-refractivity contribution >= 4 is 14.1 Å². The van der Waals surface area contributed by atoms with Crippen molar-refractivity contribution in [3.63, 3.8) is 0 Å². The second-order valence-electron chi connectivity index (χ2n) is 4.31. The van der Waals surface area contributed by atoms with Gasteiger partial charge >= 0.3 is 0 Å². The third-order valence-electron chi connectivity index (χ3n) is 3.10. The first kappa shape index (κ1) is 12.4. The van der Waals surface area contributed by atoms with Gasteiger partial charge < -0.3 is 9.05 Å². The Balaban J connectivity index is 1.93. The van der Waals surface area contributed by atoms with Crippen molar-refractivity contribution in [2.24, 2.45) is 0 Å². The summed E-state index contributed by atoms with van der Waals surface area (Å²) in [6.07, 6.45) is 2.17. The molecule has 19 heavy (non-hydrogen) atoms. The van der Waals surface area contributed by atoms with Crippen LogP contribution in [0.1, 0.15) is 16.8 Å². The molecule has 1 aliphatic heterocycles. The largest absolute Gasteiger partial charge is 0.446 e.